The molecule has 1 amide bonds. The highest BCUT2D eigenvalue weighted by Gasteiger charge is 2.31. The molecule has 0 saturated carbocycles. The van der Waals surface area contributed by atoms with E-state index in [2.05, 4.69) is 31.1 Å². The Kier molecular flexibility index (Phi) is 4.60. The Morgan fingerprint density at radius 1 is 1.36 bits per heavy atom. The van der Waals surface area contributed by atoms with Gasteiger partial charge >= 0.3 is 0 Å². The van der Waals surface area contributed by atoms with Gasteiger partial charge in [0.2, 0.25) is 0 Å². The van der Waals surface area contributed by atoms with Gasteiger partial charge in [0, 0.05) is 10.9 Å². The van der Waals surface area contributed by atoms with E-state index < -0.39 is 10.8 Å². The molecular weight excluding hydrogens is 338 g/mol. The van der Waals surface area contributed by atoms with Crippen LogP contribution in [0.25, 0.3) is 0 Å². The number of nitrogens with one attached hydrogen (secondary N) is 1. The van der Waals surface area contributed by atoms with E-state index in [-0.39, 0.29) is 16.7 Å². The minimum absolute atomic E-state index is 0.0493. The third-order valence-electron chi connectivity index (χ3n) is 4.73. The average Bonchev–Trinajstić information content (AvgIpc) is 2.95. The number of para-hydroxylation sites is 1. The van der Waals surface area contributed by atoms with Crippen molar-refractivity contribution < 1.29 is 9.72 Å². The Hall–Kier alpha value is -2.28. The number of amides is 1. The number of thiazole rings is 1. The number of nitro groups is 1. The van der Waals surface area contributed by atoms with Gasteiger partial charge in [-0.1, -0.05) is 32.9 Å². The van der Waals surface area contributed by atoms with Crippen LogP contribution < -0.4 is 5.32 Å². The van der Waals surface area contributed by atoms with Crippen molar-refractivity contribution >= 4 is 28.1 Å². The van der Waals surface area contributed by atoms with E-state index in [0.717, 1.165) is 25.0 Å². The van der Waals surface area contributed by atoms with E-state index in [9.17, 15) is 14.9 Å². The Morgan fingerprint density at radius 3 is 2.76 bits per heavy atom. The number of aryl methyl sites for hydroxylation is 1. The number of carbonyl (C=O) groups excluding carboxylic acids is 1. The van der Waals surface area contributed by atoms with Crippen molar-refractivity contribution in [2.24, 2.45) is 11.3 Å². The van der Waals surface area contributed by atoms with Crippen LogP contribution in [-0.4, -0.2) is 15.8 Å². The van der Waals surface area contributed by atoms with Crippen molar-refractivity contribution in [3.63, 3.8) is 0 Å². The molecule has 1 unspecified atom stereocenters. The van der Waals surface area contributed by atoms with Crippen molar-refractivity contribution in [2.45, 2.75) is 40.0 Å². The number of hydrogen-bond acceptors (Lipinski definition) is 5. The number of benzene rings is 1. The summed E-state index contributed by atoms with van der Waals surface area (Å²) in [6.45, 7) is 6.73. The van der Waals surface area contributed by atoms with Crippen LogP contribution >= 0.6 is 11.3 Å². The van der Waals surface area contributed by atoms with Gasteiger partial charge in [-0.05, 0) is 36.7 Å². The van der Waals surface area contributed by atoms with Crippen LogP contribution in [0.3, 0.4) is 0 Å². The number of fused-ring (bicyclic) bond motifs is 1. The number of nitro benzene ring substituents is 1. The molecule has 0 spiro atoms. The van der Waals surface area contributed by atoms with Gasteiger partial charge in [-0.2, -0.15) is 0 Å². The van der Waals surface area contributed by atoms with Crippen molar-refractivity contribution in [3.05, 3.63) is 50.5 Å². The minimum Gasteiger partial charge on any atom is -0.298 e. The zero-order valence-electron chi connectivity index (χ0n) is 14.5. The molecule has 1 atom stereocenters. The van der Waals surface area contributed by atoms with E-state index in [4.69, 9.17) is 0 Å². The Labute approximate surface area is 150 Å². The molecule has 3 rings (SSSR count). The molecule has 0 radical (unpaired) electrons. The SMILES string of the molecule is CC(C)(C)C1CCc2sc(NC(=O)c3ccccc3[N+](=O)[O-])nc2C1. The zero-order chi connectivity index (χ0) is 18.2. The smallest absolute Gasteiger partial charge is 0.282 e. The molecule has 0 aliphatic heterocycles. The molecule has 7 heteroatoms. The minimum atomic E-state index is -0.546. The number of hydrogen-bond donors (Lipinski definition) is 1. The lowest BCUT2D eigenvalue weighted by Crippen LogP contribution is -2.26. The van der Waals surface area contributed by atoms with Crippen LogP contribution in [0.1, 0.15) is 48.1 Å². The standard InChI is InChI=1S/C18H21N3O3S/c1-18(2,3)11-8-9-15-13(10-11)19-17(25-15)20-16(22)12-6-4-5-7-14(12)21(23)24/h4-7,11H,8-10H2,1-3H3,(H,19,20,22). The maximum Gasteiger partial charge on any atom is 0.282 e. The predicted molar refractivity (Wildman–Crippen MR) is 98.1 cm³/mol. The van der Waals surface area contributed by atoms with Crippen LogP contribution in [-0.2, 0) is 12.8 Å². The first kappa shape index (κ1) is 17.5. The fourth-order valence-corrected chi connectivity index (χ4v) is 4.16. The Bertz CT molecular complexity index is 823. The van der Waals surface area contributed by atoms with E-state index in [1.165, 1.54) is 28.3 Å². The van der Waals surface area contributed by atoms with Gasteiger partial charge in [-0.15, -0.1) is 11.3 Å². The summed E-state index contributed by atoms with van der Waals surface area (Å²) in [7, 11) is 0. The Balaban J connectivity index is 1.79. The molecule has 1 aromatic carbocycles. The average molecular weight is 359 g/mol. The quantitative estimate of drug-likeness (QED) is 0.648. The summed E-state index contributed by atoms with van der Waals surface area (Å²) in [5.41, 5.74) is 1.13. The third-order valence-corrected chi connectivity index (χ3v) is 5.80. The van der Waals surface area contributed by atoms with Crippen LogP contribution in [0, 0.1) is 21.4 Å². The summed E-state index contributed by atoms with van der Waals surface area (Å²) in [5, 5.41) is 14.3. The van der Waals surface area contributed by atoms with Crippen molar-refractivity contribution in [3.8, 4) is 0 Å². The fraction of sp³-hybridized carbons (Fsp3) is 0.444. The number of nitrogens with zero attached hydrogens (tertiary/aromatic N) is 2. The summed E-state index contributed by atoms with van der Waals surface area (Å²) < 4.78 is 0. The predicted octanol–water partition coefficient (Wildman–Crippen LogP) is 4.45. The first-order chi connectivity index (χ1) is 11.8. The monoisotopic (exact) mass is 359 g/mol. The second-order valence-corrected chi connectivity index (χ2v) is 8.51. The third kappa shape index (κ3) is 3.71. The molecule has 132 valence electrons. The highest BCUT2D eigenvalue weighted by molar-refractivity contribution is 7.15. The highest BCUT2D eigenvalue weighted by Crippen LogP contribution is 2.39. The molecule has 0 saturated heterocycles. The van der Waals surface area contributed by atoms with Gasteiger partial charge < -0.3 is 0 Å². The van der Waals surface area contributed by atoms with E-state index in [0.29, 0.717) is 11.0 Å². The molecule has 2 aromatic rings. The molecule has 1 heterocycles. The van der Waals surface area contributed by atoms with Crippen molar-refractivity contribution in [2.75, 3.05) is 5.32 Å². The maximum absolute atomic E-state index is 12.4. The van der Waals surface area contributed by atoms with Gasteiger partial charge in [-0.25, -0.2) is 4.98 Å². The van der Waals surface area contributed by atoms with Gasteiger partial charge in [0.1, 0.15) is 5.56 Å². The molecular formula is C18H21N3O3S. The van der Waals surface area contributed by atoms with E-state index in [1.807, 2.05) is 0 Å². The first-order valence-corrected chi connectivity index (χ1v) is 9.10. The molecule has 1 N–H and O–H groups in total. The summed E-state index contributed by atoms with van der Waals surface area (Å²) in [6, 6.07) is 5.94. The lowest BCUT2D eigenvalue weighted by atomic mass is 9.73. The topological polar surface area (TPSA) is 85.1 Å². The van der Waals surface area contributed by atoms with Gasteiger partial charge in [0.05, 0.1) is 10.6 Å². The maximum atomic E-state index is 12.4. The first-order valence-electron chi connectivity index (χ1n) is 8.29. The van der Waals surface area contributed by atoms with Crippen LogP contribution in [0.4, 0.5) is 10.8 Å². The van der Waals surface area contributed by atoms with E-state index >= 15 is 0 Å². The Morgan fingerprint density at radius 2 is 2.08 bits per heavy atom. The molecule has 1 aromatic heterocycles. The van der Waals surface area contributed by atoms with Gasteiger partial charge in [0.15, 0.2) is 5.13 Å². The van der Waals surface area contributed by atoms with Crippen molar-refractivity contribution in [1.82, 2.24) is 4.98 Å². The molecule has 25 heavy (non-hydrogen) atoms. The highest BCUT2D eigenvalue weighted by atomic mass is 32.1. The fourth-order valence-electron chi connectivity index (χ4n) is 3.16. The largest absolute Gasteiger partial charge is 0.298 e. The number of carbonyl (C=O) groups is 1. The summed E-state index contributed by atoms with van der Waals surface area (Å²) in [4.78, 5) is 28.7. The number of aromatic nitrogens is 1. The summed E-state index contributed by atoms with van der Waals surface area (Å²) in [6.07, 6.45) is 3.00. The van der Waals surface area contributed by atoms with Gasteiger partial charge in [0.25, 0.3) is 11.6 Å². The number of anilines is 1. The van der Waals surface area contributed by atoms with Crippen LogP contribution in [0.5, 0.6) is 0 Å². The molecule has 1 aliphatic carbocycles. The molecule has 0 fully saturated rings. The second-order valence-electron chi connectivity index (χ2n) is 7.42. The molecule has 6 nitrogen and oxygen atoms in total. The van der Waals surface area contributed by atoms with Crippen LogP contribution in [0.15, 0.2) is 24.3 Å². The summed E-state index contributed by atoms with van der Waals surface area (Å²) in [5.74, 6) is 0.0756. The summed E-state index contributed by atoms with van der Waals surface area (Å²) >= 11 is 1.47. The lowest BCUT2D eigenvalue weighted by Gasteiger charge is -2.33. The molecule has 0 bridgehead atoms. The van der Waals surface area contributed by atoms with Crippen molar-refractivity contribution in [1.29, 1.82) is 0 Å². The molecule has 1 aliphatic rings. The second kappa shape index (κ2) is 6.55. The zero-order valence-corrected chi connectivity index (χ0v) is 15.4. The van der Waals surface area contributed by atoms with E-state index in [1.54, 1.807) is 12.1 Å². The lowest BCUT2D eigenvalue weighted by molar-refractivity contribution is -0.385. The van der Waals surface area contributed by atoms with Crippen LogP contribution in [0.2, 0.25) is 0 Å². The van der Waals surface area contributed by atoms with Gasteiger partial charge in [-0.3, -0.25) is 20.2 Å². The normalized spacial score (nSPS) is 17.0. The number of rotatable bonds is 3.